The highest BCUT2D eigenvalue weighted by Gasteiger charge is 2.29. The maximum absolute atomic E-state index is 13.2. The molecule has 2 aromatic carbocycles. The number of nitrogens with one attached hydrogen (secondary N) is 2. The quantitative estimate of drug-likeness (QED) is 0.533. The summed E-state index contributed by atoms with van der Waals surface area (Å²) in [7, 11) is -3.74. The minimum Gasteiger partial charge on any atom is -0.326 e. The minimum absolute atomic E-state index is 0.0880. The number of hydrogen-bond donors (Lipinski definition) is 2. The molecule has 34 heavy (non-hydrogen) atoms. The van der Waals surface area contributed by atoms with Crippen molar-refractivity contribution in [2.24, 2.45) is 5.41 Å². The first-order valence-corrected chi connectivity index (χ1v) is 13.2. The van der Waals surface area contributed by atoms with Crippen LogP contribution in [0.3, 0.4) is 0 Å². The van der Waals surface area contributed by atoms with E-state index < -0.39 is 21.3 Å². The molecule has 0 saturated carbocycles. The standard InChI is InChI=1S/C25H27N3O4S2/c1-25(2,3)24(30)27-20-8-5-7-19(15-20)26-23(29)17-6-4-9-21(14-17)34(31,32)28-12-10-22-18(16-28)11-13-33-22/h4-9,11,13-15H,10,12,16H2,1-3H3,(H,26,29)(H,27,30). The zero-order chi connectivity index (χ0) is 24.5. The number of fused-ring (bicyclic) bond motifs is 1. The Labute approximate surface area is 203 Å². The summed E-state index contributed by atoms with van der Waals surface area (Å²) in [6.07, 6.45) is 0.689. The van der Waals surface area contributed by atoms with Gasteiger partial charge in [0.2, 0.25) is 15.9 Å². The smallest absolute Gasteiger partial charge is 0.255 e. The molecule has 7 nitrogen and oxygen atoms in total. The molecular weight excluding hydrogens is 470 g/mol. The SMILES string of the molecule is CC(C)(C)C(=O)Nc1cccc(NC(=O)c2cccc(S(=O)(=O)N3CCc4sccc4C3)c2)c1. The molecule has 0 fully saturated rings. The number of carbonyl (C=O) groups is 2. The highest BCUT2D eigenvalue weighted by Crippen LogP contribution is 2.28. The van der Waals surface area contributed by atoms with Gasteiger partial charge in [0.25, 0.3) is 5.91 Å². The van der Waals surface area contributed by atoms with Gasteiger partial charge in [-0.05, 0) is 59.8 Å². The van der Waals surface area contributed by atoms with E-state index in [2.05, 4.69) is 10.6 Å². The molecule has 0 unspecified atom stereocenters. The molecule has 1 aliphatic rings. The van der Waals surface area contributed by atoms with E-state index in [-0.39, 0.29) is 16.4 Å². The van der Waals surface area contributed by atoms with Gasteiger partial charge >= 0.3 is 0 Å². The third-order valence-electron chi connectivity index (χ3n) is 5.57. The van der Waals surface area contributed by atoms with Crippen LogP contribution in [-0.4, -0.2) is 31.1 Å². The van der Waals surface area contributed by atoms with Gasteiger partial charge in [0, 0.05) is 40.3 Å². The fraction of sp³-hybridized carbons (Fsp3) is 0.280. The molecule has 1 aliphatic heterocycles. The Kier molecular flexibility index (Phi) is 6.62. The first kappa shape index (κ1) is 24.1. The van der Waals surface area contributed by atoms with Crippen LogP contribution in [0.5, 0.6) is 0 Å². The van der Waals surface area contributed by atoms with Gasteiger partial charge in [0.1, 0.15) is 0 Å². The van der Waals surface area contributed by atoms with Gasteiger partial charge in [-0.1, -0.05) is 32.9 Å². The summed E-state index contributed by atoms with van der Waals surface area (Å²) in [5, 5.41) is 7.59. The molecule has 2 N–H and O–H groups in total. The lowest BCUT2D eigenvalue weighted by atomic mass is 9.95. The molecule has 2 amide bonds. The van der Waals surface area contributed by atoms with Crippen LogP contribution in [0.4, 0.5) is 11.4 Å². The van der Waals surface area contributed by atoms with Crippen molar-refractivity contribution >= 4 is 44.5 Å². The number of thiophene rings is 1. The van der Waals surface area contributed by atoms with Crippen molar-refractivity contribution in [3.05, 3.63) is 76.0 Å². The summed E-state index contributed by atoms with van der Waals surface area (Å²) >= 11 is 1.65. The lowest BCUT2D eigenvalue weighted by Gasteiger charge is -2.26. The van der Waals surface area contributed by atoms with Crippen LogP contribution in [0.1, 0.15) is 41.6 Å². The summed E-state index contributed by atoms with van der Waals surface area (Å²) in [4.78, 5) is 26.4. The molecular formula is C25H27N3O4S2. The number of sulfonamides is 1. The third kappa shape index (κ3) is 5.22. The predicted molar refractivity (Wildman–Crippen MR) is 135 cm³/mol. The summed E-state index contributed by atoms with van der Waals surface area (Å²) in [6.45, 7) is 6.21. The second-order valence-corrected chi connectivity index (χ2v) is 12.2. The molecule has 0 aliphatic carbocycles. The van der Waals surface area contributed by atoms with Gasteiger partial charge in [0.15, 0.2) is 0 Å². The summed E-state index contributed by atoms with van der Waals surface area (Å²) in [5.41, 5.74) is 1.77. The summed E-state index contributed by atoms with van der Waals surface area (Å²) in [6, 6.07) is 14.9. The fourth-order valence-electron chi connectivity index (χ4n) is 3.57. The highest BCUT2D eigenvalue weighted by molar-refractivity contribution is 7.89. The van der Waals surface area contributed by atoms with Crippen LogP contribution in [0.2, 0.25) is 0 Å². The molecule has 0 radical (unpaired) electrons. The van der Waals surface area contributed by atoms with Gasteiger partial charge in [-0.2, -0.15) is 4.31 Å². The predicted octanol–water partition coefficient (Wildman–Crippen LogP) is 4.73. The molecule has 0 saturated heterocycles. The topological polar surface area (TPSA) is 95.6 Å². The summed E-state index contributed by atoms with van der Waals surface area (Å²) in [5.74, 6) is -0.573. The molecule has 1 aromatic heterocycles. The number of rotatable bonds is 5. The number of nitrogens with zero attached hydrogens (tertiary/aromatic N) is 1. The largest absolute Gasteiger partial charge is 0.326 e. The van der Waals surface area contributed by atoms with Crippen molar-refractivity contribution in [1.82, 2.24) is 4.31 Å². The van der Waals surface area contributed by atoms with E-state index in [1.165, 1.54) is 21.3 Å². The Morgan fingerprint density at radius 3 is 2.41 bits per heavy atom. The van der Waals surface area contributed by atoms with Crippen LogP contribution >= 0.6 is 11.3 Å². The van der Waals surface area contributed by atoms with E-state index in [0.29, 0.717) is 30.9 Å². The summed E-state index contributed by atoms with van der Waals surface area (Å²) < 4.78 is 27.9. The number of carbonyl (C=O) groups excluding carboxylic acids is 2. The van der Waals surface area contributed by atoms with Gasteiger partial charge in [-0.3, -0.25) is 9.59 Å². The molecule has 3 aromatic rings. The zero-order valence-electron chi connectivity index (χ0n) is 19.3. The maximum Gasteiger partial charge on any atom is 0.255 e. The van der Waals surface area contributed by atoms with E-state index >= 15 is 0 Å². The molecule has 178 valence electrons. The van der Waals surface area contributed by atoms with Crippen molar-refractivity contribution in [1.29, 1.82) is 0 Å². The van der Waals surface area contributed by atoms with E-state index in [0.717, 1.165) is 5.56 Å². The third-order valence-corrected chi connectivity index (χ3v) is 8.43. The molecule has 4 rings (SSSR count). The monoisotopic (exact) mass is 497 g/mol. The van der Waals surface area contributed by atoms with Crippen molar-refractivity contribution in [2.75, 3.05) is 17.2 Å². The van der Waals surface area contributed by atoms with Crippen LogP contribution in [-0.2, 0) is 27.8 Å². The van der Waals surface area contributed by atoms with Crippen molar-refractivity contribution in [3.63, 3.8) is 0 Å². The molecule has 0 spiro atoms. The van der Waals surface area contributed by atoms with E-state index in [9.17, 15) is 18.0 Å². The van der Waals surface area contributed by atoms with E-state index in [1.807, 2.05) is 32.2 Å². The van der Waals surface area contributed by atoms with Crippen molar-refractivity contribution < 1.29 is 18.0 Å². The first-order chi connectivity index (χ1) is 16.0. The lowest BCUT2D eigenvalue weighted by molar-refractivity contribution is -0.123. The molecule has 0 bridgehead atoms. The van der Waals surface area contributed by atoms with Crippen molar-refractivity contribution in [2.45, 2.75) is 38.6 Å². The Bertz CT molecular complexity index is 1340. The Balaban J connectivity index is 1.49. The average Bonchev–Trinajstić information content (AvgIpc) is 3.27. The molecule has 9 heteroatoms. The fourth-order valence-corrected chi connectivity index (χ4v) is 5.93. The van der Waals surface area contributed by atoms with Gasteiger partial charge in [-0.15, -0.1) is 11.3 Å². The van der Waals surface area contributed by atoms with Crippen molar-refractivity contribution in [3.8, 4) is 0 Å². The first-order valence-electron chi connectivity index (χ1n) is 10.9. The Morgan fingerprint density at radius 1 is 0.971 bits per heavy atom. The second kappa shape index (κ2) is 9.32. The van der Waals surface area contributed by atoms with E-state index in [1.54, 1.807) is 47.7 Å². The molecule has 0 atom stereocenters. The zero-order valence-corrected chi connectivity index (χ0v) is 20.9. The lowest BCUT2D eigenvalue weighted by Crippen LogP contribution is -2.35. The van der Waals surface area contributed by atoms with Crippen LogP contribution in [0.25, 0.3) is 0 Å². The van der Waals surface area contributed by atoms with Crippen LogP contribution < -0.4 is 10.6 Å². The minimum atomic E-state index is -3.74. The maximum atomic E-state index is 13.2. The van der Waals surface area contributed by atoms with E-state index in [4.69, 9.17) is 0 Å². The van der Waals surface area contributed by atoms with Gasteiger partial charge < -0.3 is 10.6 Å². The number of amides is 2. The van der Waals surface area contributed by atoms with Gasteiger partial charge in [0.05, 0.1) is 4.90 Å². The number of anilines is 2. The molecule has 2 heterocycles. The Morgan fingerprint density at radius 2 is 1.68 bits per heavy atom. The number of benzene rings is 2. The second-order valence-electron chi connectivity index (χ2n) is 9.22. The Hall–Kier alpha value is -3.01. The highest BCUT2D eigenvalue weighted by atomic mass is 32.2. The van der Waals surface area contributed by atoms with Crippen LogP contribution in [0, 0.1) is 5.41 Å². The number of hydrogen-bond acceptors (Lipinski definition) is 5. The normalized spacial score (nSPS) is 14.3. The average molecular weight is 498 g/mol. The van der Waals surface area contributed by atoms with Crippen LogP contribution in [0.15, 0.2) is 64.9 Å². The van der Waals surface area contributed by atoms with Gasteiger partial charge in [-0.25, -0.2) is 8.42 Å².